The van der Waals surface area contributed by atoms with Gasteiger partial charge in [0.15, 0.2) is 0 Å². The molecule has 0 atom stereocenters. The van der Waals surface area contributed by atoms with E-state index in [0.717, 1.165) is 24.8 Å². The Labute approximate surface area is 126 Å². The number of carbonyl (C=O) groups excluding carboxylic acids is 1. The van der Waals surface area contributed by atoms with Crippen molar-refractivity contribution in [3.63, 3.8) is 0 Å². The number of hydrogen-bond donors (Lipinski definition) is 1. The second kappa shape index (κ2) is 8.19. The molecule has 0 spiro atoms. The lowest BCUT2D eigenvalue weighted by Crippen LogP contribution is -2.09. The van der Waals surface area contributed by atoms with Gasteiger partial charge in [0.2, 0.25) is 0 Å². The number of rotatable bonds is 4. The molecular weight excluding hydrogens is 297 g/mol. The van der Waals surface area contributed by atoms with Crippen LogP contribution in [0.2, 0.25) is 0 Å². The zero-order valence-corrected chi connectivity index (χ0v) is 11.8. The first-order chi connectivity index (χ1) is 10.5. The van der Waals surface area contributed by atoms with Gasteiger partial charge >= 0.3 is 6.18 Å². The molecule has 0 heterocycles. The second-order valence-corrected chi connectivity index (χ2v) is 4.15. The van der Waals surface area contributed by atoms with Gasteiger partial charge in [0.1, 0.15) is 18.6 Å². The minimum absolute atomic E-state index is 0.0321. The molecule has 0 fully saturated rings. The fourth-order valence-corrected chi connectivity index (χ4v) is 1.70. The summed E-state index contributed by atoms with van der Waals surface area (Å²) in [5.74, 6) is -0.285. The summed E-state index contributed by atoms with van der Waals surface area (Å²) >= 11 is 0. The Morgan fingerprint density at radius 1 is 1.09 bits per heavy atom. The molecule has 0 unspecified atom stereocenters. The van der Waals surface area contributed by atoms with E-state index in [4.69, 9.17) is 9.84 Å². The van der Waals surface area contributed by atoms with Crippen molar-refractivity contribution < 1.29 is 27.8 Å². The SMILES string of the molecule is CO.O=Cc1ccc(OCc2ccccc2)c(C(F)(F)F)c1. The summed E-state index contributed by atoms with van der Waals surface area (Å²) < 4.78 is 43.9. The van der Waals surface area contributed by atoms with Gasteiger partial charge in [0, 0.05) is 12.7 Å². The molecule has 118 valence electrons. The van der Waals surface area contributed by atoms with Crippen molar-refractivity contribution in [3.05, 3.63) is 65.2 Å². The van der Waals surface area contributed by atoms with Crippen molar-refractivity contribution in [3.8, 4) is 5.75 Å². The highest BCUT2D eigenvalue weighted by atomic mass is 19.4. The molecule has 0 aromatic heterocycles. The summed E-state index contributed by atoms with van der Waals surface area (Å²) in [6.45, 7) is 0.0321. The van der Waals surface area contributed by atoms with Gasteiger partial charge in [-0.3, -0.25) is 4.79 Å². The van der Waals surface area contributed by atoms with Gasteiger partial charge in [-0.05, 0) is 23.8 Å². The van der Waals surface area contributed by atoms with E-state index in [1.54, 1.807) is 24.3 Å². The van der Waals surface area contributed by atoms with E-state index in [1.165, 1.54) is 6.07 Å². The third-order valence-corrected chi connectivity index (χ3v) is 2.68. The summed E-state index contributed by atoms with van der Waals surface area (Å²) in [6.07, 6.45) is -4.19. The number of halogens is 3. The van der Waals surface area contributed by atoms with Crippen molar-refractivity contribution in [1.29, 1.82) is 0 Å². The van der Waals surface area contributed by atoms with Gasteiger partial charge in [-0.25, -0.2) is 0 Å². The molecule has 0 saturated heterocycles. The van der Waals surface area contributed by atoms with Gasteiger partial charge in [-0.2, -0.15) is 13.2 Å². The topological polar surface area (TPSA) is 46.5 Å². The third-order valence-electron chi connectivity index (χ3n) is 2.68. The van der Waals surface area contributed by atoms with Crippen LogP contribution in [0, 0.1) is 0 Å². The highest BCUT2D eigenvalue weighted by Gasteiger charge is 2.34. The number of aliphatic hydroxyl groups excluding tert-OH is 1. The third kappa shape index (κ3) is 4.89. The van der Waals surface area contributed by atoms with Crippen LogP contribution in [0.4, 0.5) is 13.2 Å². The standard InChI is InChI=1S/C15H11F3O2.CH4O/c16-15(17,18)13-8-12(9-19)6-7-14(13)20-10-11-4-2-1-3-5-11;1-2/h1-9H,10H2;2H,1H3. The fraction of sp³-hybridized carbons (Fsp3) is 0.188. The summed E-state index contributed by atoms with van der Waals surface area (Å²) in [4.78, 5) is 10.6. The van der Waals surface area contributed by atoms with Crippen molar-refractivity contribution in [2.75, 3.05) is 7.11 Å². The highest BCUT2D eigenvalue weighted by Crippen LogP contribution is 2.36. The van der Waals surface area contributed by atoms with Crippen LogP contribution in [0.5, 0.6) is 5.75 Å². The van der Waals surface area contributed by atoms with Crippen LogP contribution in [0.3, 0.4) is 0 Å². The Morgan fingerprint density at radius 2 is 1.73 bits per heavy atom. The predicted molar refractivity (Wildman–Crippen MR) is 75.7 cm³/mol. The first kappa shape index (κ1) is 17.7. The van der Waals surface area contributed by atoms with E-state index < -0.39 is 11.7 Å². The maximum atomic E-state index is 12.9. The summed E-state index contributed by atoms with van der Waals surface area (Å²) in [7, 11) is 1.00. The highest BCUT2D eigenvalue weighted by molar-refractivity contribution is 5.75. The van der Waals surface area contributed by atoms with E-state index >= 15 is 0 Å². The lowest BCUT2D eigenvalue weighted by atomic mass is 10.1. The molecule has 0 amide bonds. The van der Waals surface area contributed by atoms with Gasteiger partial charge in [0.25, 0.3) is 0 Å². The molecule has 0 aliphatic rings. The van der Waals surface area contributed by atoms with Crippen LogP contribution in [-0.4, -0.2) is 18.5 Å². The van der Waals surface area contributed by atoms with E-state index in [0.29, 0.717) is 6.29 Å². The Bertz CT molecular complexity index is 595. The van der Waals surface area contributed by atoms with Crippen LogP contribution in [-0.2, 0) is 12.8 Å². The Balaban J connectivity index is 0.00000116. The van der Waals surface area contributed by atoms with Gasteiger partial charge in [-0.1, -0.05) is 30.3 Å². The normalized spacial score (nSPS) is 10.4. The Kier molecular flexibility index (Phi) is 6.59. The van der Waals surface area contributed by atoms with E-state index in [1.807, 2.05) is 6.07 Å². The molecule has 3 nitrogen and oxygen atoms in total. The fourth-order valence-electron chi connectivity index (χ4n) is 1.70. The second-order valence-electron chi connectivity index (χ2n) is 4.15. The van der Waals surface area contributed by atoms with Crippen LogP contribution in [0.15, 0.2) is 48.5 Å². The average Bonchev–Trinajstić information content (AvgIpc) is 2.55. The summed E-state index contributed by atoms with van der Waals surface area (Å²) in [6, 6.07) is 12.1. The summed E-state index contributed by atoms with van der Waals surface area (Å²) in [5.41, 5.74) is -0.220. The van der Waals surface area contributed by atoms with E-state index in [-0.39, 0.29) is 17.9 Å². The number of benzene rings is 2. The van der Waals surface area contributed by atoms with Gasteiger partial charge < -0.3 is 9.84 Å². The smallest absolute Gasteiger partial charge is 0.419 e. The molecule has 0 radical (unpaired) electrons. The number of alkyl halides is 3. The quantitative estimate of drug-likeness (QED) is 0.876. The minimum Gasteiger partial charge on any atom is -0.488 e. The van der Waals surface area contributed by atoms with E-state index in [2.05, 4.69) is 0 Å². The van der Waals surface area contributed by atoms with Crippen molar-refractivity contribution in [2.45, 2.75) is 12.8 Å². The largest absolute Gasteiger partial charge is 0.488 e. The average molecular weight is 312 g/mol. The van der Waals surface area contributed by atoms with Crippen molar-refractivity contribution >= 4 is 6.29 Å². The molecule has 6 heteroatoms. The molecule has 22 heavy (non-hydrogen) atoms. The number of carbonyl (C=O) groups is 1. The van der Waals surface area contributed by atoms with Crippen LogP contribution >= 0.6 is 0 Å². The monoisotopic (exact) mass is 312 g/mol. The molecule has 0 bridgehead atoms. The first-order valence-electron chi connectivity index (χ1n) is 6.28. The molecule has 0 aliphatic carbocycles. The molecule has 0 aliphatic heterocycles. The number of aliphatic hydroxyl groups is 1. The maximum Gasteiger partial charge on any atom is 0.419 e. The first-order valence-corrected chi connectivity index (χ1v) is 6.28. The molecule has 0 saturated carbocycles. The maximum absolute atomic E-state index is 12.9. The molecule has 1 N–H and O–H groups in total. The number of hydrogen-bond acceptors (Lipinski definition) is 3. The molecule has 2 aromatic carbocycles. The molecular formula is C16H15F3O3. The zero-order chi connectivity index (χ0) is 16.6. The van der Waals surface area contributed by atoms with Crippen LogP contribution in [0.25, 0.3) is 0 Å². The lowest BCUT2D eigenvalue weighted by Gasteiger charge is -2.14. The van der Waals surface area contributed by atoms with Crippen LogP contribution in [0.1, 0.15) is 21.5 Å². The van der Waals surface area contributed by atoms with Gasteiger partial charge in [-0.15, -0.1) is 0 Å². The van der Waals surface area contributed by atoms with Crippen LogP contribution < -0.4 is 4.74 Å². The van der Waals surface area contributed by atoms with E-state index in [9.17, 15) is 18.0 Å². The molecule has 2 aromatic rings. The van der Waals surface area contributed by atoms with Crippen molar-refractivity contribution in [1.82, 2.24) is 0 Å². The molecule has 2 rings (SSSR count). The Hall–Kier alpha value is -2.34. The zero-order valence-electron chi connectivity index (χ0n) is 11.8. The lowest BCUT2D eigenvalue weighted by molar-refractivity contribution is -0.139. The summed E-state index contributed by atoms with van der Waals surface area (Å²) in [5, 5.41) is 7.00. The number of ether oxygens (including phenoxy) is 1. The Morgan fingerprint density at radius 3 is 2.27 bits per heavy atom. The predicted octanol–water partition coefficient (Wildman–Crippen LogP) is 3.71. The van der Waals surface area contributed by atoms with Crippen molar-refractivity contribution in [2.24, 2.45) is 0 Å². The van der Waals surface area contributed by atoms with Gasteiger partial charge in [0.05, 0.1) is 5.56 Å². The minimum atomic E-state index is -4.56. The number of aldehydes is 1.